The molecule has 1 aromatic carbocycles. The van der Waals surface area contributed by atoms with Crippen molar-refractivity contribution >= 4 is 27.4 Å². The first kappa shape index (κ1) is 20.0. The summed E-state index contributed by atoms with van der Waals surface area (Å²) < 4.78 is 24.7. The number of aliphatic carboxylic acids is 1. The fourth-order valence-electron chi connectivity index (χ4n) is 2.65. The number of carboxylic acid groups (broad SMARTS) is 1. The summed E-state index contributed by atoms with van der Waals surface area (Å²) in [5, 5.41) is 30.3. The van der Waals surface area contributed by atoms with Gasteiger partial charge in [-0.2, -0.15) is 9.73 Å². The van der Waals surface area contributed by atoms with Crippen LogP contribution in [0, 0.1) is 0 Å². The number of nitrogens with zero attached hydrogens (tertiary/aromatic N) is 3. The normalized spacial score (nSPS) is 11.5. The Morgan fingerprint density at radius 1 is 1.24 bits per heavy atom. The van der Waals surface area contributed by atoms with Crippen molar-refractivity contribution in [1.29, 1.82) is 0 Å². The second-order valence-electron chi connectivity index (χ2n) is 6.00. The van der Waals surface area contributed by atoms with Gasteiger partial charge in [-0.25, -0.2) is 18.2 Å². The van der Waals surface area contributed by atoms with E-state index in [0.717, 1.165) is 9.31 Å². The van der Waals surface area contributed by atoms with Crippen LogP contribution in [0.2, 0.25) is 0 Å². The number of carboxylic acids is 1. The topological polar surface area (TPSA) is 186 Å². The third-order valence-electron chi connectivity index (χ3n) is 4.07. The monoisotopic (exact) mass is 421 g/mol. The Morgan fingerprint density at radius 3 is 2.41 bits per heavy atom. The maximum Gasteiger partial charge on any atom is 0.322 e. The van der Waals surface area contributed by atoms with E-state index in [1.807, 2.05) is 5.32 Å². The van der Waals surface area contributed by atoms with Gasteiger partial charge in [0.2, 0.25) is 10.0 Å². The van der Waals surface area contributed by atoms with Crippen molar-refractivity contribution in [2.24, 2.45) is 12.2 Å². The van der Waals surface area contributed by atoms with E-state index in [9.17, 15) is 27.9 Å². The molecular weight excluding hydrogens is 406 g/mol. The number of fused-ring (bicyclic) bond motifs is 1. The second kappa shape index (κ2) is 7.03. The molecule has 0 fully saturated rings. The zero-order valence-electron chi connectivity index (χ0n) is 14.9. The number of aromatic nitrogens is 3. The molecule has 0 saturated carbocycles. The van der Waals surface area contributed by atoms with Gasteiger partial charge >= 0.3 is 5.97 Å². The maximum atomic E-state index is 12.4. The van der Waals surface area contributed by atoms with E-state index in [2.05, 4.69) is 5.10 Å². The van der Waals surface area contributed by atoms with Gasteiger partial charge in [0.25, 0.3) is 11.5 Å². The van der Waals surface area contributed by atoms with Crippen molar-refractivity contribution in [3.05, 3.63) is 46.2 Å². The van der Waals surface area contributed by atoms with Crippen LogP contribution in [0.3, 0.4) is 0 Å². The molecule has 0 bridgehead atoms. The number of hydrogen-bond donors (Lipinski definition) is 4. The number of nitrogens with two attached hydrogens (primary N) is 1. The molecule has 3 aromatic rings. The number of rotatable bonds is 5. The van der Waals surface area contributed by atoms with Gasteiger partial charge in [0.15, 0.2) is 11.3 Å². The minimum absolute atomic E-state index is 0.0121. The number of primary sulfonamides is 1. The molecule has 13 heteroatoms. The molecule has 2 aromatic heterocycles. The first-order valence-corrected chi connectivity index (χ1v) is 9.50. The van der Waals surface area contributed by atoms with Crippen LogP contribution in [-0.2, 0) is 21.9 Å². The van der Waals surface area contributed by atoms with E-state index in [-0.39, 0.29) is 16.1 Å². The molecule has 2 heterocycles. The van der Waals surface area contributed by atoms with Crippen LogP contribution in [0.1, 0.15) is 10.4 Å². The number of sulfonamides is 1. The smallest absolute Gasteiger partial charge is 0.322 e. The number of aryl methyl sites for hydroxylation is 1. The summed E-state index contributed by atoms with van der Waals surface area (Å²) >= 11 is 0. The average Bonchev–Trinajstić information content (AvgIpc) is 3.10. The third-order valence-corrected chi connectivity index (χ3v) is 5.00. The largest absolute Gasteiger partial charge is 0.505 e. The van der Waals surface area contributed by atoms with Crippen LogP contribution in [-0.4, -0.2) is 51.5 Å². The molecular formula is C16H15N5O7S. The number of nitrogens with one attached hydrogen (secondary N) is 1. The van der Waals surface area contributed by atoms with E-state index >= 15 is 0 Å². The van der Waals surface area contributed by atoms with Gasteiger partial charge in [-0.15, -0.1) is 0 Å². The molecule has 0 radical (unpaired) electrons. The lowest BCUT2D eigenvalue weighted by atomic mass is 10.1. The Kier molecular flexibility index (Phi) is 4.86. The molecule has 152 valence electrons. The van der Waals surface area contributed by atoms with E-state index in [4.69, 9.17) is 10.2 Å². The number of amides is 1. The Morgan fingerprint density at radius 2 is 1.86 bits per heavy atom. The van der Waals surface area contributed by atoms with Crippen molar-refractivity contribution in [3.63, 3.8) is 0 Å². The minimum atomic E-state index is -3.87. The quantitative estimate of drug-likeness (QED) is 0.398. The Bertz CT molecular complexity index is 1310. The third kappa shape index (κ3) is 3.68. The summed E-state index contributed by atoms with van der Waals surface area (Å²) in [6.07, 6.45) is 0. The Labute approximate surface area is 162 Å². The SMILES string of the molecule is Cn1c(=O)c(C(=O)NCC(=O)O)c(O)c2cc(-c3ccc(S(N)(=O)=O)cc3)nn21. The molecule has 12 nitrogen and oxygen atoms in total. The van der Waals surface area contributed by atoms with Crippen LogP contribution in [0.25, 0.3) is 16.8 Å². The van der Waals surface area contributed by atoms with Gasteiger partial charge in [0.1, 0.15) is 12.1 Å². The van der Waals surface area contributed by atoms with Crippen LogP contribution in [0.15, 0.2) is 40.0 Å². The lowest BCUT2D eigenvalue weighted by molar-refractivity contribution is -0.135. The lowest BCUT2D eigenvalue weighted by Crippen LogP contribution is -2.36. The van der Waals surface area contributed by atoms with Crippen LogP contribution >= 0.6 is 0 Å². The van der Waals surface area contributed by atoms with Gasteiger partial charge in [-0.05, 0) is 18.2 Å². The summed E-state index contributed by atoms with van der Waals surface area (Å²) in [5.41, 5.74) is -0.767. The van der Waals surface area contributed by atoms with Gasteiger partial charge in [0.05, 0.1) is 10.6 Å². The summed E-state index contributed by atoms with van der Waals surface area (Å²) in [5.74, 6) is -3.03. The Hall–Kier alpha value is -3.71. The second-order valence-corrected chi connectivity index (χ2v) is 7.56. The Balaban J connectivity index is 2.12. The van der Waals surface area contributed by atoms with E-state index in [1.54, 1.807) is 0 Å². The van der Waals surface area contributed by atoms with E-state index in [1.165, 1.54) is 37.4 Å². The highest BCUT2D eigenvalue weighted by Crippen LogP contribution is 2.26. The highest BCUT2D eigenvalue weighted by Gasteiger charge is 2.23. The molecule has 0 aliphatic carbocycles. The molecule has 0 aliphatic rings. The number of benzene rings is 1. The molecule has 1 amide bonds. The minimum Gasteiger partial charge on any atom is -0.505 e. The fraction of sp³-hybridized carbons (Fsp3) is 0.125. The summed E-state index contributed by atoms with van der Waals surface area (Å²) in [4.78, 5) is 35.1. The summed E-state index contributed by atoms with van der Waals surface area (Å²) in [6.45, 7) is -0.729. The molecule has 3 rings (SSSR count). The van der Waals surface area contributed by atoms with Crippen molar-refractivity contribution in [2.45, 2.75) is 4.90 Å². The summed E-state index contributed by atoms with van der Waals surface area (Å²) in [7, 11) is -2.56. The molecule has 0 unspecified atom stereocenters. The molecule has 0 spiro atoms. The predicted molar refractivity (Wildman–Crippen MR) is 98.9 cm³/mol. The first-order chi connectivity index (χ1) is 13.5. The number of carbonyl (C=O) groups excluding carboxylic acids is 1. The number of hydrogen-bond acceptors (Lipinski definition) is 7. The van der Waals surface area contributed by atoms with Crippen molar-refractivity contribution < 1.29 is 28.2 Å². The molecule has 0 saturated heterocycles. The highest BCUT2D eigenvalue weighted by molar-refractivity contribution is 7.89. The number of aromatic hydroxyl groups is 1. The molecule has 29 heavy (non-hydrogen) atoms. The van der Waals surface area contributed by atoms with Crippen molar-refractivity contribution in [1.82, 2.24) is 19.7 Å². The zero-order valence-corrected chi connectivity index (χ0v) is 15.7. The lowest BCUT2D eigenvalue weighted by Gasteiger charge is -2.09. The average molecular weight is 421 g/mol. The van der Waals surface area contributed by atoms with Gasteiger partial charge < -0.3 is 15.5 Å². The van der Waals surface area contributed by atoms with Crippen LogP contribution < -0.4 is 16.0 Å². The molecule has 0 atom stereocenters. The van der Waals surface area contributed by atoms with Gasteiger partial charge in [-0.3, -0.25) is 14.4 Å². The van der Waals surface area contributed by atoms with Crippen molar-refractivity contribution in [3.8, 4) is 17.0 Å². The van der Waals surface area contributed by atoms with E-state index in [0.29, 0.717) is 5.56 Å². The zero-order chi connectivity index (χ0) is 21.5. The number of carbonyl (C=O) groups is 2. The van der Waals surface area contributed by atoms with Crippen LogP contribution in [0.4, 0.5) is 0 Å². The standard InChI is InChI=1S/C16H15N5O7S/c1-20-16(26)13(15(25)18-7-12(22)23)14(24)11-6-10(19-21(11)20)8-2-4-9(5-3-8)29(17,27)28/h2-6,24H,7H2,1H3,(H,18,25)(H,22,23)(H2,17,27,28). The van der Waals surface area contributed by atoms with Crippen molar-refractivity contribution in [2.75, 3.05) is 6.54 Å². The molecule has 0 aliphatic heterocycles. The summed E-state index contributed by atoms with van der Waals surface area (Å²) in [6, 6.07) is 6.82. The van der Waals surface area contributed by atoms with Crippen LogP contribution in [0.5, 0.6) is 5.75 Å². The van der Waals surface area contributed by atoms with E-state index < -0.39 is 45.3 Å². The fourth-order valence-corrected chi connectivity index (χ4v) is 3.16. The predicted octanol–water partition coefficient (Wildman–Crippen LogP) is -1.13. The van der Waals surface area contributed by atoms with Gasteiger partial charge in [0, 0.05) is 12.6 Å². The molecule has 5 N–H and O–H groups in total. The maximum absolute atomic E-state index is 12.4. The van der Waals surface area contributed by atoms with Gasteiger partial charge in [-0.1, -0.05) is 12.1 Å². The highest BCUT2D eigenvalue weighted by atomic mass is 32.2. The first-order valence-electron chi connectivity index (χ1n) is 7.96.